The van der Waals surface area contributed by atoms with Crippen molar-refractivity contribution in [2.24, 2.45) is 0 Å². The maximum atomic E-state index is 11.9. The third-order valence-electron chi connectivity index (χ3n) is 2.55. The zero-order valence-corrected chi connectivity index (χ0v) is 10.3. The highest BCUT2D eigenvalue weighted by Crippen LogP contribution is 2.25. The van der Waals surface area contributed by atoms with Crippen LogP contribution in [-0.4, -0.2) is 28.8 Å². The Morgan fingerprint density at radius 1 is 1.62 bits per heavy atom. The van der Waals surface area contributed by atoms with Crippen LogP contribution in [0.5, 0.6) is 0 Å². The summed E-state index contributed by atoms with van der Waals surface area (Å²) in [4.78, 5) is 23.9. The third kappa shape index (κ3) is 2.57. The van der Waals surface area contributed by atoms with Crippen LogP contribution in [0.4, 0.5) is 5.00 Å². The van der Waals surface area contributed by atoms with Crippen LogP contribution in [0.2, 0.25) is 0 Å². The third-order valence-corrected chi connectivity index (χ3v) is 3.58. The van der Waals surface area contributed by atoms with Gasteiger partial charge < -0.3 is 4.90 Å². The number of thiophene rings is 1. The lowest BCUT2D eigenvalue weighted by molar-refractivity contribution is -0.380. The summed E-state index contributed by atoms with van der Waals surface area (Å²) >= 11 is 0.915. The van der Waals surface area contributed by atoms with E-state index < -0.39 is 4.92 Å². The SMILES string of the molecule is CCC(C)N(C)C(=O)c1ccc([N+](=O)[O-])s1. The molecule has 0 saturated heterocycles. The number of hydrogen-bond donors (Lipinski definition) is 0. The first-order valence-corrected chi connectivity index (χ1v) is 5.80. The van der Waals surface area contributed by atoms with E-state index in [4.69, 9.17) is 0 Å². The highest BCUT2D eigenvalue weighted by atomic mass is 32.1. The van der Waals surface area contributed by atoms with Crippen LogP contribution in [-0.2, 0) is 0 Å². The summed E-state index contributed by atoms with van der Waals surface area (Å²) in [6.07, 6.45) is 0.857. The minimum atomic E-state index is -0.481. The Labute approximate surface area is 97.8 Å². The largest absolute Gasteiger partial charge is 0.338 e. The van der Waals surface area contributed by atoms with Crippen molar-refractivity contribution in [1.82, 2.24) is 4.90 Å². The number of rotatable bonds is 4. The predicted molar refractivity (Wildman–Crippen MR) is 62.8 cm³/mol. The summed E-state index contributed by atoms with van der Waals surface area (Å²) in [5.74, 6) is -0.160. The van der Waals surface area contributed by atoms with Gasteiger partial charge in [-0.2, -0.15) is 0 Å². The number of nitro groups is 1. The first-order chi connectivity index (χ1) is 7.47. The summed E-state index contributed by atoms with van der Waals surface area (Å²) < 4.78 is 0. The topological polar surface area (TPSA) is 63.5 Å². The van der Waals surface area contributed by atoms with E-state index in [0.717, 1.165) is 17.8 Å². The van der Waals surface area contributed by atoms with Crippen molar-refractivity contribution in [3.63, 3.8) is 0 Å². The molecule has 0 radical (unpaired) electrons. The van der Waals surface area contributed by atoms with E-state index in [9.17, 15) is 14.9 Å². The van der Waals surface area contributed by atoms with E-state index in [1.807, 2.05) is 13.8 Å². The Bertz CT molecular complexity index is 403. The van der Waals surface area contributed by atoms with E-state index in [-0.39, 0.29) is 17.0 Å². The summed E-state index contributed by atoms with van der Waals surface area (Å²) in [6.45, 7) is 3.94. The van der Waals surface area contributed by atoms with Crippen molar-refractivity contribution in [3.8, 4) is 0 Å². The second kappa shape index (κ2) is 5.07. The van der Waals surface area contributed by atoms with Crippen LogP contribution in [0.15, 0.2) is 12.1 Å². The van der Waals surface area contributed by atoms with Gasteiger partial charge in [0.25, 0.3) is 5.91 Å². The Balaban J connectivity index is 2.84. The predicted octanol–water partition coefficient (Wildman–Crippen LogP) is 2.53. The summed E-state index contributed by atoms with van der Waals surface area (Å²) in [7, 11) is 1.71. The fraction of sp³-hybridized carbons (Fsp3) is 0.500. The first-order valence-electron chi connectivity index (χ1n) is 4.98. The molecule has 5 nitrogen and oxygen atoms in total. The quantitative estimate of drug-likeness (QED) is 0.602. The lowest BCUT2D eigenvalue weighted by Crippen LogP contribution is -2.34. The standard InChI is InChI=1S/C10H14N2O3S/c1-4-7(2)11(3)10(13)8-5-6-9(16-8)12(14)15/h5-7H,4H2,1-3H3. The van der Waals surface area contributed by atoms with E-state index in [1.54, 1.807) is 11.9 Å². The van der Waals surface area contributed by atoms with Gasteiger partial charge in [0, 0.05) is 19.2 Å². The average molecular weight is 242 g/mol. The van der Waals surface area contributed by atoms with Crippen LogP contribution in [0.1, 0.15) is 29.9 Å². The van der Waals surface area contributed by atoms with Gasteiger partial charge in [-0.25, -0.2) is 0 Å². The van der Waals surface area contributed by atoms with E-state index in [1.165, 1.54) is 12.1 Å². The number of carbonyl (C=O) groups excluding carboxylic acids is 1. The molecular formula is C10H14N2O3S. The van der Waals surface area contributed by atoms with Gasteiger partial charge in [0.05, 0.1) is 9.80 Å². The van der Waals surface area contributed by atoms with Crippen LogP contribution >= 0.6 is 11.3 Å². The molecule has 1 amide bonds. The highest BCUT2D eigenvalue weighted by molar-refractivity contribution is 7.17. The maximum absolute atomic E-state index is 11.9. The maximum Gasteiger partial charge on any atom is 0.324 e. The molecule has 88 valence electrons. The molecule has 0 spiro atoms. The first kappa shape index (κ1) is 12.6. The second-order valence-electron chi connectivity index (χ2n) is 3.57. The van der Waals surface area contributed by atoms with Crippen LogP contribution in [0, 0.1) is 10.1 Å². The molecule has 1 atom stereocenters. The summed E-state index contributed by atoms with van der Waals surface area (Å²) in [6, 6.07) is 3.00. The van der Waals surface area contributed by atoms with Crippen LogP contribution in [0.3, 0.4) is 0 Å². The molecule has 6 heteroatoms. The number of hydrogen-bond acceptors (Lipinski definition) is 4. The number of carbonyl (C=O) groups is 1. The van der Waals surface area contributed by atoms with Crippen LogP contribution in [0.25, 0.3) is 0 Å². The Morgan fingerprint density at radius 3 is 2.69 bits per heavy atom. The molecule has 1 heterocycles. The number of nitrogens with zero attached hydrogens (tertiary/aromatic N) is 2. The molecule has 0 saturated carbocycles. The second-order valence-corrected chi connectivity index (χ2v) is 4.63. The Morgan fingerprint density at radius 2 is 2.25 bits per heavy atom. The van der Waals surface area contributed by atoms with E-state index >= 15 is 0 Å². The normalized spacial score (nSPS) is 12.2. The molecule has 16 heavy (non-hydrogen) atoms. The zero-order valence-electron chi connectivity index (χ0n) is 9.47. The minimum Gasteiger partial charge on any atom is -0.338 e. The molecule has 1 aromatic heterocycles. The molecule has 0 aliphatic carbocycles. The zero-order chi connectivity index (χ0) is 12.3. The van der Waals surface area contributed by atoms with Crippen molar-refractivity contribution in [1.29, 1.82) is 0 Å². The molecule has 0 aliphatic rings. The molecule has 0 aliphatic heterocycles. The average Bonchev–Trinajstić information content (AvgIpc) is 2.75. The molecule has 0 fully saturated rings. The number of amides is 1. The Kier molecular flexibility index (Phi) is 4.00. The van der Waals surface area contributed by atoms with Gasteiger partial charge in [0.1, 0.15) is 0 Å². The molecule has 0 bridgehead atoms. The fourth-order valence-corrected chi connectivity index (χ4v) is 1.99. The van der Waals surface area contributed by atoms with Crippen LogP contribution < -0.4 is 0 Å². The summed E-state index contributed by atoms with van der Waals surface area (Å²) in [5.41, 5.74) is 0. The minimum absolute atomic E-state index is 0.000835. The highest BCUT2D eigenvalue weighted by Gasteiger charge is 2.20. The monoisotopic (exact) mass is 242 g/mol. The molecule has 0 N–H and O–H groups in total. The Hall–Kier alpha value is -1.43. The van der Waals surface area contributed by atoms with Gasteiger partial charge >= 0.3 is 5.00 Å². The fourth-order valence-electron chi connectivity index (χ4n) is 1.19. The lowest BCUT2D eigenvalue weighted by atomic mass is 10.2. The smallest absolute Gasteiger partial charge is 0.324 e. The van der Waals surface area contributed by atoms with E-state index in [2.05, 4.69) is 0 Å². The lowest BCUT2D eigenvalue weighted by Gasteiger charge is -2.22. The van der Waals surface area contributed by atoms with Gasteiger partial charge in [-0.1, -0.05) is 18.3 Å². The molecule has 1 aromatic rings. The van der Waals surface area contributed by atoms with Crippen molar-refractivity contribution in [2.75, 3.05) is 7.05 Å². The molecule has 1 rings (SSSR count). The van der Waals surface area contributed by atoms with Crippen molar-refractivity contribution in [3.05, 3.63) is 27.1 Å². The van der Waals surface area contributed by atoms with Gasteiger partial charge in [-0.05, 0) is 19.4 Å². The van der Waals surface area contributed by atoms with Gasteiger partial charge in [0.15, 0.2) is 0 Å². The van der Waals surface area contributed by atoms with Gasteiger partial charge in [0.2, 0.25) is 0 Å². The molecule has 0 aromatic carbocycles. The van der Waals surface area contributed by atoms with E-state index in [0.29, 0.717) is 4.88 Å². The summed E-state index contributed by atoms with van der Waals surface area (Å²) in [5, 5.41) is 10.5. The van der Waals surface area contributed by atoms with Crippen molar-refractivity contribution < 1.29 is 9.72 Å². The van der Waals surface area contributed by atoms with Gasteiger partial charge in [-0.15, -0.1) is 0 Å². The van der Waals surface area contributed by atoms with Crippen molar-refractivity contribution in [2.45, 2.75) is 26.3 Å². The molecular weight excluding hydrogens is 228 g/mol. The van der Waals surface area contributed by atoms with Crippen molar-refractivity contribution >= 4 is 22.2 Å². The van der Waals surface area contributed by atoms with Gasteiger partial charge in [-0.3, -0.25) is 14.9 Å². The molecule has 1 unspecified atom stereocenters.